The SMILES string of the molecule is O=C1N[C@@H]2CC/C=C\CC[C@@H]2C(=O)N1Cc1cccc(N2CCCC2=O)c1. The number of nitrogens with one attached hydrogen (secondary N) is 1. The number of hydrogen-bond acceptors (Lipinski definition) is 3. The lowest BCUT2D eigenvalue weighted by Gasteiger charge is -2.38. The number of carbonyl (C=O) groups is 3. The number of allylic oxidation sites excluding steroid dienone is 2. The van der Waals surface area contributed by atoms with Gasteiger partial charge in [-0.3, -0.25) is 14.5 Å². The Bertz CT molecular complexity index is 789. The zero-order valence-electron chi connectivity index (χ0n) is 15.4. The van der Waals surface area contributed by atoms with Gasteiger partial charge in [0.1, 0.15) is 0 Å². The third kappa shape index (κ3) is 3.61. The van der Waals surface area contributed by atoms with Gasteiger partial charge >= 0.3 is 6.03 Å². The predicted octanol–water partition coefficient (Wildman–Crippen LogP) is 2.98. The van der Waals surface area contributed by atoms with Crippen LogP contribution in [0.1, 0.15) is 44.1 Å². The van der Waals surface area contributed by atoms with Crippen LogP contribution in [0.4, 0.5) is 10.5 Å². The van der Waals surface area contributed by atoms with Gasteiger partial charge in [0.05, 0.1) is 12.5 Å². The van der Waals surface area contributed by atoms with Crippen LogP contribution in [0.25, 0.3) is 0 Å². The molecule has 2 saturated heterocycles. The first-order valence-electron chi connectivity index (χ1n) is 9.79. The number of hydrogen-bond donors (Lipinski definition) is 1. The first-order chi connectivity index (χ1) is 13.1. The third-order valence-corrected chi connectivity index (χ3v) is 5.71. The lowest BCUT2D eigenvalue weighted by atomic mass is 9.86. The Balaban J connectivity index is 1.52. The van der Waals surface area contributed by atoms with E-state index in [9.17, 15) is 14.4 Å². The van der Waals surface area contributed by atoms with E-state index in [0.717, 1.165) is 49.9 Å². The molecule has 27 heavy (non-hydrogen) atoms. The number of nitrogens with zero attached hydrogens (tertiary/aromatic N) is 2. The van der Waals surface area contributed by atoms with Gasteiger partial charge in [-0.15, -0.1) is 0 Å². The molecule has 4 amide bonds. The summed E-state index contributed by atoms with van der Waals surface area (Å²) in [6.07, 6.45) is 9.02. The maximum atomic E-state index is 13.0. The molecule has 0 radical (unpaired) electrons. The number of urea groups is 1. The fourth-order valence-electron chi connectivity index (χ4n) is 4.27. The highest BCUT2D eigenvalue weighted by Gasteiger charge is 2.40. The van der Waals surface area contributed by atoms with Crippen LogP contribution in [0.3, 0.4) is 0 Å². The van der Waals surface area contributed by atoms with Gasteiger partial charge in [0.15, 0.2) is 0 Å². The molecule has 2 aliphatic heterocycles. The van der Waals surface area contributed by atoms with Crippen molar-refractivity contribution in [1.82, 2.24) is 10.2 Å². The second-order valence-corrected chi connectivity index (χ2v) is 7.53. The van der Waals surface area contributed by atoms with Crippen molar-refractivity contribution < 1.29 is 14.4 Å². The smallest absolute Gasteiger partial charge is 0.324 e. The van der Waals surface area contributed by atoms with E-state index in [1.807, 2.05) is 24.3 Å². The molecule has 2 atom stereocenters. The molecule has 142 valence electrons. The first-order valence-corrected chi connectivity index (χ1v) is 9.79. The molecule has 4 rings (SSSR count). The summed E-state index contributed by atoms with van der Waals surface area (Å²) in [4.78, 5) is 40.7. The highest BCUT2D eigenvalue weighted by Crippen LogP contribution is 2.28. The first kappa shape index (κ1) is 17.8. The molecule has 2 fully saturated rings. The summed E-state index contributed by atoms with van der Waals surface area (Å²) in [5.74, 6) is -0.109. The highest BCUT2D eigenvalue weighted by atomic mass is 16.2. The maximum Gasteiger partial charge on any atom is 0.324 e. The summed E-state index contributed by atoms with van der Waals surface area (Å²) in [5, 5.41) is 3.03. The quantitative estimate of drug-likeness (QED) is 0.835. The summed E-state index contributed by atoms with van der Waals surface area (Å²) in [5.41, 5.74) is 1.70. The van der Waals surface area contributed by atoms with Crippen LogP contribution in [-0.2, 0) is 16.1 Å². The van der Waals surface area contributed by atoms with Crippen LogP contribution in [0.5, 0.6) is 0 Å². The predicted molar refractivity (Wildman–Crippen MR) is 102 cm³/mol. The molecule has 2 heterocycles. The molecule has 6 nitrogen and oxygen atoms in total. The van der Waals surface area contributed by atoms with Gasteiger partial charge in [-0.05, 0) is 49.8 Å². The molecular weight excluding hydrogens is 342 g/mol. The Morgan fingerprint density at radius 2 is 1.89 bits per heavy atom. The van der Waals surface area contributed by atoms with E-state index in [2.05, 4.69) is 17.5 Å². The van der Waals surface area contributed by atoms with E-state index in [1.165, 1.54) is 4.90 Å². The van der Waals surface area contributed by atoms with Gasteiger partial charge in [-0.1, -0.05) is 24.3 Å². The molecule has 1 aliphatic carbocycles. The highest BCUT2D eigenvalue weighted by molar-refractivity contribution is 5.99. The van der Waals surface area contributed by atoms with Crippen molar-refractivity contribution in [1.29, 1.82) is 0 Å². The van der Waals surface area contributed by atoms with Crippen LogP contribution in [0.15, 0.2) is 36.4 Å². The number of amides is 4. The van der Waals surface area contributed by atoms with Crippen LogP contribution < -0.4 is 10.2 Å². The molecule has 0 aromatic heterocycles. The summed E-state index contributed by atoms with van der Waals surface area (Å²) in [7, 11) is 0. The van der Waals surface area contributed by atoms with Gasteiger partial charge in [-0.2, -0.15) is 0 Å². The standard InChI is InChI=1S/C21H25N3O3/c25-19-11-6-12-23(19)16-8-5-7-15(13-16)14-24-20(26)17-9-3-1-2-4-10-18(17)22-21(24)27/h1-2,5,7-8,13,17-18H,3-4,6,9-12,14H2,(H,22,27)/b2-1-/t17-,18+/m0/s1. The normalized spacial score (nSPS) is 27.0. The van der Waals surface area contributed by atoms with E-state index in [1.54, 1.807) is 4.90 Å². The zero-order chi connectivity index (χ0) is 18.8. The fourth-order valence-corrected chi connectivity index (χ4v) is 4.27. The van der Waals surface area contributed by atoms with Crippen molar-refractivity contribution >= 4 is 23.5 Å². The number of carbonyl (C=O) groups excluding carboxylic acids is 3. The second kappa shape index (κ2) is 7.55. The lowest BCUT2D eigenvalue weighted by Crippen LogP contribution is -2.59. The fraction of sp³-hybridized carbons (Fsp3) is 0.476. The number of anilines is 1. The summed E-state index contributed by atoms with van der Waals surface area (Å²) < 4.78 is 0. The monoisotopic (exact) mass is 367 g/mol. The minimum absolute atomic E-state index is 0.0697. The largest absolute Gasteiger partial charge is 0.334 e. The summed E-state index contributed by atoms with van der Waals surface area (Å²) in [6.45, 7) is 0.961. The van der Waals surface area contributed by atoms with Crippen LogP contribution in [-0.4, -0.2) is 35.3 Å². The summed E-state index contributed by atoms with van der Waals surface area (Å²) >= 11 is 0. The molecule has 0 unspecified atom stereocenters. The van der Waals surface area contributed by atoms with Crippen LogP contribution >= 0.6 is 0 Å². The number of fused-ring (bicyclic) bond motifs is 1. The molecule has 6 heteroatoms. The topological polar surface area (TPSA) is 69.7 Å². The van der Waals surface area contributed by atoms with Crippen molar-refractivity contribution in [2.24, 2.45) is 5.92 Å². The van der Waals surface area contributed by atoms with Gasteiger partial charge < -0.3 is 10.2 Å². The molecule has 1 aromatic carbocycles. The van der Waals surface area contributed by atoms with Crippen LogP contribution in [0.2, 0.25) is 0 Å². The number of benzene rings is 1. The van der Waals surface area contributed by atoms with E-state index in [0.29, 0.717) is 6.42 Å². The Kier molecular flexibility index (Phi) is 4.97. The zero-order valence-corrected chi connectivity index (χ0v) is 15.4. The van der Waals surface area contributed by atoms with Gasteiger partial charge in [-0.25, -0.2) is 4.79 Å². The molecule has 3 aliphatic rings. The minimum Gasteiger partial charge on any atom is -0.334 e. The maximum absolute atomic E-state index is 13.0. The molecule has 1 aromatic rings. The molecular formula is C21H25N3O3. The summed E-state index contributed by atoms with van der Waals surface area (Å²) in [6, 6.07) is 7.22. The average Bonchev–Trinajstić information content (AvgIpc) is 3.07. The Morgan fingerprint density at radius 1 is 1.07 bits per heavy atom. The molecule has 0 saturated carbocycles. The Morgan fingerprint density at radius 3 is 2.67 bits per heavy atom. The van der Waals surface area contributed by atoms with Gasteiger partial charge in [0.25, 0.3) is 0 Å². The van der Waals surface area contributed by atoms with Crippen molar-refractivity contribution in [2.45, 2.75) is 51.1 Å². The van der Waals surface area contributed by atoms with E-state index < -0.39 is 0 Å². The lowest BCUT2D eigenvalue weighted by molar-refractivity contribution is -0.136. The van der Waals surface area contributed by atoms with Crippen molar-refractivity contribution in [3.8, 4) is 0 Å². The van der Waals surface area contributed by atoms with Crippen LogP contribution in [0, 0.1) is 5.92 Å². The Labute approximate surface area is 159 Å². The Hall–Kier alpha value is -2.63. The van der Waals surface area contributed by atoms with Crippen molar-refractivity contribution in [3.05, 3.63) is 42.0 Å². The number of imide groups is 1. The van der Waals surface area contributed by atoms with Gasteiger partial charge in [0.2, 0.25) is 11.8 Å². The minimum atomic E-state index is -0.312. The van der Waals surface area contributed by atoms with Gasteiger partial charge in [0, 0.05) is 24.7 Å². The van der Waals surface area contributed by atoms with Crippen molar-refractivity contribution in [2.75, 3.05) is 11.4 Å². The van der Waals surface area contributed by atoms with E-state index >= 15 is 0 Å². The molecule has 1 N–H and O–H groups in total. The van der Waals surface area contributed by atoms with E-state index in [4.69, 9.17) is 0 Å². The molecule has 0 spiro atoms. The third-order valence-electron chi connectivity index (χ3n) is 5.71. The number of rotatable bonds is 3. The second-order valence-electron chi connectivity index (χ2n) is 7.53. The van der Waals surface area contributed by atoms with Crippen molar-refractivity contribution in [3.63, 3.8) is 0 Å². The van der Waals surface area contributed by atoms with E-state index in [-0.39, 0.29) is 36.3 Å². The average molecular weight is 367 g/mol. The molecule has 0 bridgehead atoms.